The molecule has 0 aliphatic rings. The van der Waals surface area contributed by atoms with Crippen LogP contribution in [0.2, 0.25) is 0 Å². The zero-order valence-corrected chi connectivity index (χ0v) is 12.4. The SMILES string of the molecule is CP(C)(=O)C#Cc1ccc(C#Cc2ccccc2)cc1. The molecular formula is C18H15OP. The summed E-state index contributed by atoms with van der Waals surface area (Å²) in [6.45, 7) is 3.33. The van der Waals surface area contributed by atoms with Crippen molar-refractivity contribution in [2.24, 2.45) is 0 Å². The van der Waals surface area contributed by atoms with Gasteiger partial charge in [-0.2, -0.15) is 0 Å². The Labute approximate surface area is 120 Å². The molecule has 0 fully saturated rings. The third kappa shape index (κ3) is 4.81. The summed E-state index contributed by atoms with van der Waals surface area (Å²) in [5.41, 5.74) is 5.58. The number of hydrogen-bond donors (Lipinski definition) is 0. The molecule has 0 aliphatic heterocycles. The van der Waals surface area contributed by atoms with E-state index in [-0.39, 0.29) is 0 Å². The van der Waals surface area contributed by atoms with Crippen LogP contribution in [-0.2, 0) is 4.57 Å². The minimum Gasteiger partial charge on any atom is -0.311 e. The van der Waals surface area contributed by atoms with Gasteiger partial charge in [0.15, 0.2) is 0 Å². The first-order valence-electron chi connectivity index (χ1n) is 6.28. The summed E-state index contributed by atoms with van der Waals surface area (Å²) in [6.07, 6.45) is 0. The highest BCUT2D eigenvalue weighted by atomic mass is 31.2. The lowest BCUT2D eigenvalue weighted by Crippen LogP contribution is -1.78. The molecule has 0 bridgehead atoms. The summed E-state index contributed by atoms with van der Waals surface area (Å²) in [5.74, 6) is 9.14. The Morgan fingerprint density at radius 3 is 1.65 bits per heavy atom. The van der Waals surface area contributed by atoms with E-state index in [1.807, 2.05) is 54.6 Å². The molecule has 0 aromatic heterocycles. The largest absolute Gasteiger partial charge is 0.311 e. The lowest BCUT2D eigenvalue weighted by Gasteiger charge is -1.94. The summed E-state index contributed by atoms with van der Waals surface area (Å²) >= 11 is 0. The maximum atomic E-state index is 11.5. The molecule has 0 atom stereocenters. The first-order chi connectivity index (χ1) is 9.53. The lowest BCUT2D eigenvalue weighted by atomic mass is 10.1. The fraction of sp³-hybridized carbons (Fsp3) is 0.111. The van der Waals surface area contributed by atoms with E-state index in [1.165, 1.54) is 0 Å². The Hall–Kier alpha value is -2.21. The standard InChI is InChI=1S/C18H15OP/c1-20(2,19)15-14-18-12-10-17(11-13-18)9-8-16-6-4-3-5-7-16/h3-7,10-13H,1-2H3. The molecular weight excluding hydrogens is 263 g/mol. The van der Waals surface area contributed by atoms with Gasteiger partial charge in [-0.05, 0) is 55.4 Å². The van der Waals surface area contributed by atoms with Crippen molar-refractivity contribution in [3.8, 4) is 23.4 Å². The van der Waals surface area contributed by atoms with E-state index in [4.69, 9.17) is 0 Å². The Morgan fingerprint density at radius 2 is 1.15 bits per heavy atom. The molecule has 2 aromatic carbocycles. The fourth-order valence-electron chi connectivity index (χ4n) is 1.50. The first kappa shape index (κ1) is 14.2. The molecule has 0 spiro atoms. The molecule has 20 heavy (non-hydrogen) atoms. The predicted octanol–water partition coefficient (Wildman–Crippen LogP) is 4.02. The van der Waals surface area contributed by atoms with Gasteiger partial charge in [0.1, 0.15) is 7.14 Å². The average molecular weight is 278 g/mol. The molecule has 2 rings (SSSR count). The van der Waals surface area contributed by atoms with Crippen LogP contribution in [0.5, 0.6) is 0 Å². The zero-order valence-electron chi connectivity index (χ0n) is 11.6. The highest BCUT2D eigenvalue weighted by Crippen LogP contribution is 2.33. The number of hydrogen-bond acceptors (Lipinski definition) is 1. The zero-order chi connectivity index (χ0) is 14.4. The van der Waals surface area contributed by atoms with Gasteiger partial charge in [-0.3, -0.25) is 0 Å². The maximum Gasteiger partial charge on any atom is 0.149 e. The highest BCUT2D eigenvalue weighted by molar-refractivity contribution is 7.67. The van der Waals surface area contributed by atoms with Crippen LogP contribution in [0.3, 0.4) is 0 Å². The molecule has 0 aliphatic carbocycles. The topological polar surface area (TPSA) is 17.1 Å². The summed E-state index contributed by atoms with van der Waals surface area (Å²) in [5, 5.41) is 0. The average Bonchev–Trinajstić information content (AvgIpc) is 2.44. The second-order valence-corrected chi connectivity index (χ2v) is 7.71. The van der Waals surface area contributed by atoms with Crippen molar-refractivity contribution in [1.29, 1.82) is 0 Å². The lowest BCUT2D eigenvalue weighted by molar-refractivity contribution is 0.589. The molecule has 0 N–H and O–H groups in total. The highest BCUT2D eigenvalue weighted by Gasteiger charge is 1.98. The van der Waals surface area contributed by atoms with Crippen LogP contribution in [0.4, 0.5) is 0 Å². The molecule has 2 heteroatoms. The smallest absolute Gasteiger partial charge is 0.149 e. The van der Waals surface area contributed by atoms with Crippen molar-refractivity contribution in [3.05, 3.63) is 71.3 Å². The van der Waals surface area contributed by atoms with E-state index in [0.29, 0.717) is 0 Å². The summed E-state index contributed by atoms with van der Waals surface area (Å²) in [6, 6.07) is 17.5. The quantitative estimate of drug-likeness (QED) is 0.525. The Bertz CT molecular complexity index is 744. The van der Waals surface area contributed by atoms with E-state index in [1.54, 1.807) is 13.3 Å². The molecule has 1 nitrogen and oxygen atoms in total. The Balaban J connectivity index is 2.15. The van der Waals surface area contributed by atoms with Crippen molar-refractivity contribution in [3.63, 3.8) is 0 Å². The summed E-state index contributed by atoms with van der Waals surface area (Å²) < 4.78 is 11.5. The van der Waals surface area contributed by atoms with Gasteiger partial charge < -0.3 is 4.57 Å². The van der Waals surface area contributed by atoms with Crippen LogP contribution >= 0.6 is 7.14 Å². The third-order valence-corrected chi connectivity index (χ3v) is 3.13. The third-order valence-electron chi connectivity index (χ3n) is 2.48. The van der Waals surface area contributed by atoms with Crippen molar-refractivity contribution >= 4 is 7.14 Å². The second-order valence-electron chi connectivity index (χ2n) is 4.78. The molecule has 0 unspecified atom stereocenters. The van der Waals surface area contributed by atoms with Crippen LogP contribution in [0.1, 0.15) is 16.7 Å². The van der Waals surface area contributed by atoms with E-state index < -0.39 is 7.14 Å². The van der Waals surface area contributed by atoms with Gasteiger partial charge in [-0.1, -0.05) is 36.0 Å². The van der Waals surface area contributed by atoms with Crippen LogP contribution in [0.25, 0.3) is 0 Å². The molecule has 0 amide bonds. The summed E-state index contributed by atoms with van der Waals surface area (Å²) in [7, 11) is -2.28. The van der Waals surface area contributed by atoms with Gasteiger partial charge in [-0.25, -0.2) is 0 Å². The fourth-order valence-corrected chi connectivity index (χ4v) is 1.90. The van der Waals surface area contributed by atoms with Crippen LogP contribution in [-0.4, -0.2) is 13.3 Å². The monoisotopic (exact) mass is 278 g/mol. The van der Waals surface area contributed by atoms with Gasteiger partial charge in [0, 0.05) is 16.7 Å². The van der Waals surface area contributed by atoms with Crippen molar-refractivity contribution < 1.29 is 4.57 Å². The maximum absolute atomic E-state index is 11.5. The molecule has 98 valence electrons. The van der Waals surface area contributed by atoms with E-state index >= 15 is 0 Å². The van der Waals surface area contributed by atoms with Crippen molar-refractivity contribution in [1.82, 2.24) is 0 Å². The van der Waals surface area contributed by atoms with Gasteiger partial charge in [0.05, 0.1) is 0 Å². The van der Waals surface area contributed by atoms with Crippen molar-refractivity contribution in [2.75, 3.05) is 13.3 Å². The van der Waals surface area contributed by atoms with Gasteiger partial charge in [0.25, 0.3) is 0 Å². The molecule has 0 saturated carbocycles. The van der Waals surface area contributed by atoms with Crippen LogP contribution < -0.4 is 0 Å². The van der Waals surface area contributed by atoms with Crippen LogP contribution in [0.15, 0.2) is 54.6 Å². The van der Waals surface area contributed by atoms with E-state index in [0.717, 1.165) is 16.7 Å². The van der Waals surface area contributed by atoms with Gasteiger partial charge in [0.2, 0.25) is 0 Å². The van der Waals surface area contributed by atoms with E-state index in [9.17, 15) is 4.57 Å². The molecule has 0 saturated heterocycles. The van der Waals surface area contributed by atoms with Gasteiger partial charge in [-0.15, -0.1) is 0 Å². The molecule has 0 heterocycles. The molecule has 2 aromatic rings. The Kier molecular flexibility index (Phi) is 4.47. The molecule has 0 radical (unpaired) electrons. The number of benzene rings is 2. The van der Waals surface area contributed by atoms with E-state index in [2.05, 4.69) is 23.4 Å². The van der Waals surface area contributed by atoms with Crippen LogP contribution in [0, 0.1) is 23.4 Å². The van der Waals surface area contributed by atoms with Crippen molar-refractivity contribution in [2.45, 2.75) is 0 Å². The normalized spacial score (nSPS) is 9.90. The minimum atomic E-state index is -2.28. The predicted molar refractivity (Wildman–Crippen MR) is 85.2 cm³/mol. The Morgan fingerprint density at radius 1 is 0.700 bits per heavy atom. The minimum absolute atomic E-state index is 0.860. The second kappa shape index (κ2) is 6.29. The van der Waals surface area contributed by atoms with Gasteiger partial charge >= 0.3 is 0 Å². The first-order valence-corrected chi connectivity index (χ1v) is 8.88. The number of rotatable bonds is 0. The summed E-state index contributed by atoms with van der Waals surface area (Å²) in [4.78, 5) is 0.